The van der Waals surface area contributed by atoms with Crippen LogP contribution in [-0.4, -0.2) is 6.54 Å². The van der Waals surface area contributed by atoms with Crippen LogP contribution in [0.3, 0.4) is 0 Å². The molecule has 3 N–H and O–H groups in total. The molecule has 0 aliphatic carbocycles. The second-order valence-electron chi connectivity index (χ2n) is 5.16. The second-order valence-corrected chi connectivity index (χ2v) is 5.16. The van der Waals surface area contributed by atoms with Gasteiger partial charge in [0.15, 0.2) is 0 Å². The third kappa shape index (κ3) is 5.19. The van der Waals surface area contributed by atoms with Crippen molar-refractivity contribution in [1.29, 1.82) is 0 Å². The predicted octanol–water partition coefficient (Wildman–Crippen LogP) is -0.548. The standard InChI is InChI=1S/C13H21N.ClH/c1-13(2,3)9-12(10-14)11-7-5-4-6-8-11;/h4-8,12H,9-10,14H2,1-3H3;1H. The van der Waals surface area contributed by atoms with Gasteiger partial charge in [0.05, 0.1) is 6.54 Å². The van der Waals surface area contributed by atoms with Crippen molar-refractivity contribution in [3.8, 4) is 0 Å². The summed E-state index contributed by atoms with van der Waals surface area (Å²) in [4.78, 5) is 0. The van der Waals surface area contributed by atoms with Gasteiger partial charge in [-0.15, -0.1) is 0 Å². The van der Waals surface area contributed by atoms with Gasteiger partial charge in [-0.1, -0.05) is 51.1 Å². The van der Waals surface area contributed by atoms with Gasteiger partial charge < -0.3 is 18.1 Å². The summed E-state index contributed by atoms with van der Waals surface area (Å²) in [5.74, 6) is 0.608. The summed E-state index contributed by atoms with van der Waals surface area (Å²) < 4.78 is 0. The molecule has 2 heteroatoms. The zero-order valence-corrected chi connectivity index (χ0v) is 10.7. The summed E-state index contributed by atoms with van der Waals surface area (Å²) in [5.41, 5.74) is 5.86. The minimum atomic E-state index is 0. The molecular weight excluding hydrogens is 206 g/mol. The van der Waals surface area contributed by atoms with E-state index in [9.17, 15) is 0 Å². The molecule has 0 amide bonds. The molecule has 15 heavy (non-hydrogen) atoms. The molecule has 0 saturated carbocycles. The molecule has 0 radical (unpaired) electrons. The zero-order valence-electron chi connectivity index (χ0n) is 9.96. The van der Waals surface area contributed by atoms with E-state index >= 15 is 0 Å². The van der Waals surface area contributed by atoms with Gasteiger partial charge in [-0.05, 0) is 17.4 Å². The molecule has 0 bridgehead atoms. The van der Waals surface area contributed by atoms with E-state index in [2.05, 4.69) is 56.8 Å². The van der Waals surface area contributed by atoms with Gasteiger partial charge in [-0.25, -0.2) is 0 Å². The minimum Gasteiger partial charge on any atom is -1.00 e. The predicted molar refractivity (Wildman–Crippen MR) is 61.0 cm³/mol. The zero-order chi connectivity index (χ0) is 10.6. The van der Waals surface area contributed by atoms with Gasteiger partial charge >= 0.3 is 0 Å². The normalized spacial score (nSPS) is 13.1. The Balaban J connectivity index is 0.00000196. The number of hydrogen-bond donors (Lipinski definition) is 1. The molecule has 1 nitrogen and oxygen atoms in total. The third-order valence-electron chi connectivity index (χ3n) is 2.48. The highest BCUT2D eigenvalue weighted by Gasteiger charge is 2.20. The highest BCUT2D eigenvalue weighted by Crippen LogP contribution is 2.29. The van der Waals surface area contributed by atoms with E-state index in [-0.39, 0.29) is 12.4 Å². The highest BCUT2D eigenvalue weighted by atomic mass is 35.5. The topological polar surface area (TPSA) is 27.6 Å². The van der Waals surface area contributed by atoms with E-state index in [0.29, 0.717) is 11.3 Å². The molecule has 0 aromatic heterocycles. The van der Waals surface area contributed by atoms with Crippen LogP contribution < -0.4 is 18.1 Å². The number of halogens is 1. The molecule has 0 aliphatic heterocycles. The Labute approximate surface area is 99.5 Å². The smallest absolute Gasteiger partial charge is 0.0809 e. The molecule has 1 aromatic rings. The van der Waals surface area contributed by atoms with Crippen molar-refractivity contribution >= 4 is 0 Å². The number of hydrogen-bond acceptors (Lipinski definition) is 0. The van der Waals surface area contributed by atoms with Crippen molar-refractivity contribution in [2.45, 2.75) is 33.1 Å². The lowest BCUT2D eigenvalue weighted by Crippen LogP contribution is -3.00. The molecular formula is C13H22ClN. The van der Waals surface area contributed by atoms with Crippen molar-refractivity contribution in [3.63, 3.8) is 0 Å². The van der Waals surface area contributed by atoms with E-state index in [1.54, 1.807) is 0 Å². The Morgan fingerprint density at radius 3 is 2.07 bits per heavy atom. The first-order valence-corrected chi connectivity index (χ1v) is 5.37. The van der Waals surface area contributed by atoms with Crippen LogP contribution in [0.15, 0.2) is 30.3 Å². The van der Waals surface area contributed by atoms with Crippen LogP contribution in [0.1, 0.15) is 38.7 Å². The molecule has 86 valence electrons. The van der Waals surface area contributed by atoms with E-state index in [1.165, 1.54) is 12.0 Å². The monoisotopic (exact) mass is 227 g/mol. The van der Waals surface area contributed by atoms with Crippen LogP contribution in [0.4, 0.5) is 0 Å². The summed E-state index contributed by atoms with van der Waals surface area (Å²) in [5, 5.41) is 0. The van der Waals surface area contributed by atoms with Gasteiger partial charge in [0.1, 0.15) is 0 Å². The summed E-state index contributed by atoms with van der Waals surface area (Å²) in [6.45, 7) is 7.86. The van der Waals surface area contributed by atoms with Crippen molar-refractivity contribution in [2.24, 2.45) is 5.41 Å². The van der Waals surface area contributed by atoms with Crippen molar-refractivity contribution < 1.29 is 18.1 Å². The van der Waals surface area contributed by atoms with Crippen LogP contribution in [-0.2, 0) is 0 Å². The van der Waals surface area contributed by atoms with Gasteiger partial charge in [-0.3, -0.25) is 0 Å². The molecule has 0 spiro atoms. The maximum atomic E-state index is 4.05. The van der Waals surface area contributed by atoms with Crippen molar-refractivity contribution in [2.75, 3.05) is 6.54 Å². The summed E-state index contributed by atoms with van der Waals surface area (Å²) >= 11 is 0. The fraction of sp³-hybridized carbons (Fsp3) is 0.538. The van der Waals surface area contributed by atoms with Crippen LogP contribution in [0.2, 0.25) is 0 Å². The number of benzene rings is 1. The fourth-order valence-corrected chi connectivity index (χ4v) is 1.85. The Hall–Kier alpha value is -0.530. The van der Waals surface area contributed by atoms with Gasteiger partial charge in [0, 0.05) is 5.92 Å². The molecule has 1 aromatic carbocycles. The lowest BCUT2D eigenvalue weighted by Gasteiger charge is -2.24. The van der Waals surface area contributed by atoms with Gasteiger partial charge in [0.25, 0.3) is 0 Å². The lowest BCUT2D eigenvalue weighted by molar-refractivity contribution is -0.373. The molecule has 0 heterocycles. The lowest BCUT2D eigenvalue weighted by atomic mass is 9.81. The molecule has 1 unspecified atom stereocenters. The van der Waals surface area contributed by atoms with E-state index < -0.39 is 0 Å². The highest BCUT2D eigenvalue weighted by molar-refractivity contribution is 5.19. The van der Waals surface area contributed by atoms with Crippen molar-refractivity contribution in [1.82, 2.24) is 0 Å². The van der Waals surface area contributed by atoms with Crippen LogP contribution in [0.25, 0.3) is 0 Å². The van der Waals surface area contributed by atoms with Crippen LogP contribution >= 0.6 is 0 Å². The second kappa shape index (κ2) is 6.14. The average Bonchev–Trinajstić information content (AvgIpc) is 2.14. The van der Waals surface area contributed by atoms with Crippen LogP contribution in [0.5, 0.6) is 0 Å². The van der Waals surface area contributed by atoms with Crippen LogP contribution in [0, 0.1) is 5.41 Å². The van der Waals surface area contributed by atoms with Crippen molar-refractivity contribution in [3.05, 3.63) is 35.9 Å². The van der Waals surface area contributed by atoms with Gasteiger partial charge in [0.2, 0.25) is 0 Å². The number of rotatable bonds is 3. The maximum Gasteiger partial charge on any atom is 0.0809 e. The minimum absolute atomic E-state index is 0. The van der Waals surface area contributed by atoms with E-state index in [4.69, 9.17) is 0 Å². The number of quaternary nitrogens is 1. The first-order valence-electron chi connectivity index (χ1n) is 5.37. The molecule has 0 saturated heterocycles. The first-order chi connectivity index (χ1) is 6.53. The summed E-state index contributed by atoms with van der Waals surface area (Å²) in [6.07, 6.45) is 1.21. The maximum absolute atomic E-state index is 4.05. The Morgan fingerprint density at radius 2 is 1.67 bits per heavy atom. The van der Waals surface area contributed by atoms with E-state index in [1.807, 2.05) is 0 Å². The van der Waals surface area contributed by atoms with E-state index in [0.717, 1.165) is 6.54 Å². The Bertz CT molecular complexity index is 264. The summed E-state index contributed by atoms with van der Waals surface area (Å²) in [6, 6.07) is 10.7. The Kier molecular flexibility index (Phi) is 5.92. The Morgan fingerprint density at radius 1 is 1.13 bits per heavy atom. The SMILES string of the molecule is CC(C)(C)CC(C[NH3+])c1ccccc1.[Cl-]. The average molecular weight is 228 g/mol. The largest absolute Gasteiger partial charge is 1.00 e. The van der Waals surface area contributed by atoms with Gasteiger partial charge in [-0.2, -0.15) is 0 Å². The first kappa shape index (κ1) is 14.5. The fourth-order valence-electron chi connectivity index (χ4n) is 1.85. The quantitative estimate of drug-likeness (QED) is 0.718. The third-order valence-corrected chi connectivity index (χ3v) is 2.48. The molecule has 0 fully saturated rings. The molecule has 0 aliphatic rings. The summed E-state index contributed by atoms with van der Waals surface area (Å²) in [7, 11) is 0. The molecule has 1 atom stereocenters. The molecule has 1 rings (SSSR count).